The zero-order valence-electron chi connectivity index (χ0n) is 12.4. The molecule has 0 saturated carbocycles. The van der Waals surface area contributed by atoms with E-state index in [0.717, 1.165) is 42.5 Å². The van der Waals surface area contributed by atoms with Crippen LogP contribution in [0, 0.1) is 20.8 Å². The molecule has 4 heteroatoms. The number of benzene rings is 2. The number of hydrogen-bond acceptors (Lipinski definition) is 1. The molecule has 2 aromatic carbocycles. The lowest BCUT2D eigenvalue weighted by molar-refractivity contribution is 0.406. The summed E-state index contributed by atoms with van der Waals surface area (Å²) in [6, 6.07) is 8.16. The summed E-state index contributed by atoms with van der Waals surface area (Å²) < 4.78 is 7.72. The second-order valence-corrected chi connectivity index (χ2v) is 7.21. The van der Waals surface area contributed by atoms with Crippen molar-refractivity contribution in [2.75, 3.05) is 7.11 Å². The smallest absolute Gasteiger partial charge is 0.127 e. The molecule has 0 bridgehead atoms. The first-order valence-electron chi connectivity index (χ1n) is 6.61. The Hall–Kier alpha value is -0.510. The van der Waals surface area contributed by atoms with E-state index in [4.69, 9.17) is 16.3 Å². The topological polar surface area (TPSA) is 9.23 Å². The normalized spacial score (nSPS) is 12.3. The Bertz CT molecular complexity index is 683. The van der Waals surface area contributed by atoms with Gasteiger partial charge in [0.1, 0.15) is 5.75 Å². The summed E-state index contributed by atoms with van der Waals surface area (Å²) >= 11 is 14.0. The Morgan fingerprint density at radius 2 is 1.71 bits per heavy atom. The molecule has 0 aliphatic rings. The van der Waals surface area contributed by atoms with Gasteiger partial charge in [0.05, 0.1) is 12.5 Å². The molecule has 0 saturated heterocycles. The van der Waals surface area contributed by atoms with Crippen molar-refractivity contribution in [2.45, 2.75) is 26.1 Å². The quantitative estimate of drug-likeness (QED) is 0.505. The standard InChI is InChI=1S/C17H17Br2ClO/c1-9-8-14(19)11(3)15(17(9)21-4)16(20)12-6-5-7-13(18)10(12)2/h5-8,16H,1-4H3. The van der Waals surface area contributed by atoms with Crippen LogP contribution >= 0.6 is 43.5 Å². The van der Waals surface area contributed by atoms with Crippen molar-refractivity contribution in [1.82, 2.24) is 0 Å². The van der Waals surface area contributed by atoms with Gasteiger partial charge in [0.2, 0.25) is 0 Å². The fourth-order valence-electron chi connectivity index (χ4n) is 2.51. The molecule has 0 aromatic heterocycles. The van der Waals surface area contributed by atoms with Crippen molar-refractivity contribution in [1.29, 1.82) is 0 Å². The molecular formula is C17H17Br2ClO. The highest BCUT2D eigenvalue weighted by Crippen LogP contribution is 2.43. The largest absolute Gasteiger partial charge is 0.496 e. The van der Waals surface area contributed by atoms with E-state index >= 15 is 0 Å². The number of rotatable bonds is 3. The monoisotopic (exact) mass is 430 g/mol. The van der Waals surface area contributed by atoms with Crippen LogP contribution in [0.4, 0.5) is 0 Å². The Balaban J connectivity index is 2.68. The van der Waals surface area contributed by atoms with Gasteiger partial charge < -0.3 is 4.74 Å². The van der Waals surface area contributed by atoms with Gasteiger partial charge in [-0.3, -0.25) is 0 Å². The first-order valence-corrected chi connectivity index (χ1v) is 8.63. The predicted octanol–water partition coefficient (Wildman–Crippen LogP) is 6.47. The predicted molar refractivity (Wildman–Crippen MR) is 96.7 cm³/mol. The highest BCUT2D eigenvalue weighted by molar-refractivity contribution is 9.10. The van der Waals surface area contributed by atoms with Gasteiger partial charge >= 0.3 is 0 Å². The fraction of sp³-hybridized carbons (Fsp3) is 0.294. The van der Waals surface area contributed by atoms with E-state index < -0.39 is 0 Å². The van der Waals surface area contributed by atoms with E-state index in [1.165, 1.54) is 0 Å². The van der Waals surface area contributed by atoms with Crippen LogP contribution in [0.5, 0.6) is 5.75 Å². The molecule has 0 aliphatic carbocycles. The van der Waals surface area contributed by atoms with Crippen LogP contribution in [0.2, 0.25) is 0 Å². The van der Waals surface area contributed by atoms with Gasteiger partial charge in [-0.05, 0) is 55.2 Å². The van der Waals surface area contributed by atoms with E-state index in [1.54, 1.807) is 7.11 Å². The van der Waals surface area contributed by atoms with Gasteiger partial charge in [-0.25, -0.2) is 0 Å². The number of halogens is 3. The molecule has 1 atom stereocenters. The third kappa shape index (κ3) is 3.15. The number of ether oxygens (including phenoxy) is 1. The van der Waals surface area contributed by atoms with Gasteiger partial charge in [0.25, 0.3) is 0 Å². The van der Waals surface area contributed by atoms with Crippen molar-refractivity contribution in [2.24, 2.45) is 0 Å². The third-order valence-corrected chi connectivity index (χ3v) is 5.88. The maximum atomic E-state index is 6.82. The molecule has 1 unspecified atom stereocenters. The number of alkyl halides is 1. The third-order valence-electron chi connectivity index (χ3n) is 3.75. The molecule has 0 aliphatic heterocycles. The molecule has 0 heterocycles. The minimum Gasteiger partial charge on any atom is -0.496 e. The molecule has 2 aromatic rings. The van der Waals surface area contributed by atoms with Crippen LogP contribution in [-0.2, 0) is 0 Å². The minimum atomic E-state index is -0.256. The first-order chi connectivity index (χ1) is 9.88. The van der Waals surface area contributed by atoms with Gasteiger partial charge in [0, 0.05) is 14.5 Å². The van der Waals surface area contributed by atoms with E-state index in [-0.39, 0.29) is 5.38 Å². The second kappa shape index (κ2) is 6.72. The summed E-state index contributed by atoms with van der Waals surface area (Å²) in [6.07, 6.45) is 0. The van der Waals surface area contributed by atoms with Gasteiger partial charge in [-0.15, -0.1) is 11.6 Å². The summed E-state index contributed by atoms with van der Waals surface area (Å²) in [5, 5.41) is -0.256. The van der Waals surface area contributed by atoms with Gasteiger partial charge in [-0.2, -0.15) is 0 Å². The number of hydrogen-bond donors (Lipinski definition) is 0. The maximum Gasteiger partial charge on any atom is 0.127 e. The van der Waals surface area contributed by atoms with Crippen molar-refractivity contribution in [3.05, 3.63) is 61.0 Å². The van der Waals surface area contributed by atoms with E-state index in [1.807, 2.05) is 19.1 Å². The minimum absolute atomic E-state index is 0.256. The Kier molecular flexibility index (Phi) is 5.39. The van der Waals surface area contributed by atoms with Crippen LogP contribution in [0.25, 0.3) is 0 Å². The lowest BCUT2D eigenvalue weighted by atomic mass is 9.94. The zero-order chi connectivity index (χ0) is 15.7. The van der Waals surface area contributed by atoms with E-state index in [2.05, 4.69) is 57.8 Å². The molecule has 0 fully saturated rings. The second-order valence-electron chi connectivity index (χ2n) is 5.06. The molecule has 0 spiro atoms. The van der Waals surface area contributed by atoms with Crippen LogP contribution in [0.15, 0.2) is 33.2 Å². The van der Waals surface area contributed by atoms with Crippen molar-refractivity contribution >= 4 is 43.5 Å². The molecule has 112 valence electrons. The molecule has 1 nitrogen and oxygen atoms in total. The highest BCUT2D eigenvalue weighted by atomic mass is 79.9. The lowest BCUT2D eigenvalue weighted by Crippen LogP contribution is -2.04. The maximum absolute atomic E-state index is 6.82. The van der Waals surface area contributed by atoms with Crippen molar-refractivity contribution in [3.63, 3.8) is 0 Å². The molecule has 2 rings (SSSR count). The lowest BCUT2D eigenvalue weighted by Gasteiger charge is -2.21. The molecule has 0 amide bonds. The molecule has 0 radical (unpaired) electrons. The van der Waals surface area contributed by atoms with Crippen LogP contribution in [-0.4, -0.2) is 7.11 Å². The molecule has 21 heavy (non-hydrogen) atoms. The average molecular weight is 433 g/mol. The van der Waals surface area contributed by atoms with Crippen molar-refractivity contribution < 1.29 is 4.74 Å². The summed E-state index contributed by atoms with van der Waals surface area (Å²) in [6.45, 7) is 6.16. The van der Waals surface area contributed by atoms with Gasteiger partial charge in [-0.1, -0.05) is 44.0 Å². The van der Waals surface area contributed by atoms with Crippen LogP contribution < -0.4 is 4.74 Å². The first kappa shape index (κ1) is 16.9. The summed E-state index contributed by atoms with van der Waals surface area (Å²) in [4.78, 5) is 0. The average Bonchev–Trinajstić information content (AvgIpc) is 2.44. The van der Waals surface area contributed by atoms with E-state index in [9.17, 15) is 0 Å². The SMILES string of the molecule is COc1c(C)cc(Br)c(C)c1C(Cl)c1cccc(Br)c1C. The Labute approximate surface area is 147 Å². The van der Waals surface area contributed by atoms with Crippen LogP contribution in [0.3, 0.4) is 0 Å². The van der Waals surface area contributed by atoms with Gasteiger partial charge in [0.15, 0.2) is 0 Å². The van der Waals surface area contributed by atoms with Crippen molar-refractivity contribution in [3.8, 4) is 5.75 Å². The summed E-state index contributed by atoms with van der Waals surface area (Å²) in [5.41, 5.74) is 5.44. The summed E-state index contributed by atoms with van der Waals surface area (Å²) in [5.74, 6) is 0.857. The molecular weight excluding hydrogens is 415 g/mol. The number of aryl methyl sites for hydroxylation is 1. The summed E-state index contributed by atoms with van der Waals surface area (Å²) in [7, 11) is 1.69. The Morgan fingerprint density at radius 1 is 1.05 bits per heavy atom. The Morgan fingerprint density at radius 3 is 2.33 bits per heavy atom. The highest BCUT2D eigenvalue weighted by Gasteiger charge is 2.23. The van der Waals surface area contributed by atoms with E-state index in [0.29, 0.717) is 0 Å². The van der Waals surface area contributed by atoms with Crippen LogP contribution in [0.1, 0.15) is 33.2 Å². The molecule has 0 N–H and O–H groups in total. The number of methoxy groups -OCH3 is 1. The zero-order valence-corrected chi connectivity index (χ0v) is 16.4. The fourth-order valence-corrected chi connectivity index (χ4v) is 3.94.